The van der Waals surface area contributed by atoms with Crippen LogP contribution in [0.15, 0.2) is 0 Å². The molecule has 0 spiro atoms. The summed E-state index contributed by atoms with van der Waals surface area (Å²) in [6.45, 7) is 3.32. The van der Waals surface area contributed by atoms with E-state index >= 15 is 0 Å². The van der Waals surface area contributed by atoms with Crippen LogP contribution in [-0.2, 0) is 9.53 Å². The first-order valence-corrected chi connectivity index (χ1v) is 3.68. The monoisotopic (exact) mass is 161 g/mol. The Morgan fingerprint density at radius 2 is 2.27 bits per heavy atom. The van der Waals surface area contributed by atoms with Crippen LogP contribution in [-0.4, -0.2) is 29.8 Å². The highest BCUT2D eigenvalue weighted by atomic mass is 16.5. The van der Waals surface area contributed by atoms with E-state index in [1.807, 2.05) is 6.92 Å². The maximum Gasteiger partial charge on any atom is 0.325 e. The number of carbonyl (C=O) groups excluding carboxylic acids is 1. The van der Waals surface area contributed by atoms with Gasteiger partial charge < -0.3 is 15.6 Å². The van der Waals surface area contributed by atoms with Crippen LogP contribution in [0, 0.1) is 0 Å². The van der Waals surface area contributed by atoms with Crippen LogP contribution < -0.4 is 5.73 Å². The summed E-state index contributed by atoms with van der Waals surface area (Å²) in [6.07, 6.45) is 0.629. The molecular weight excluding hydrogens is 146 g/mol. The van der Waals surface area contributed by atoms with Gasteiger partial charge in [0, 0.05) is 0 Å². The Labute approximate surface area is 66.3 Å². The minimum absolute atomic E-state index is 0.125. The van der Waals surface area contributed by atoms with Crippen LogP contribution >= 0.6 is 0 Å². The summed E-state index contributed by atoms with van der Waals surface area (Å²) in [7, 11) is 0. The Morgan fingerprint density at radius 1 is 1.73 bits per heavy atom. The van der Waals surface area contributed by atoms with E-state index in [1.54, 1.807) is 6.92 Å². The molecule has 0 fully saturated rings. The molecule has 0 saturated carbocycles. The predicted molar refractivity (Wildman–Crippen MR) is 40.9 cm³/mol. The summed E-state index contributed by atoms with van der Waals surface area (Å²) in [5, 5.41) is 8.46. The van der Waals surface area contributed by atoms with E-state index in [1.165, 1.54) is 0 Å². The second-order valence-corrected chi connectivity index (χ2v) is 2.44. The molecule has 11 heavy (non-hydrogen) atoms. The molecule has 3 N–H and O–H groups in total. The highest BCUT2D eigenvalue weighted by molar-refractivity contribution is 5.75. The fraction of sp³-hybridized carbons (Fsp3) is 0.857. The van der Waals surface area contributed by atoms with Crippen molar-refractivity contribution in [2.75, 3.05) is 6.61 Å². The molecule has 0 aromatic rings. The highest BCUT2D eigenvalue weighted by Crippen LogP contribution is 1.97. The maximum absolute atomic E-state index is 10.8. The van der Waals surface area contributed by atoms with Gasteiger partial charge in [-0.05, 0) is 13.3 Å². The number of hydrogen-bond acceptors (Lipinski definition) is 4. The Morgan fingerprint density at radius 3 is 2.64 bits per heavy atom. The first kappa shape index (κ1) is 10.4. The van der Waals surface area contributed by atoms with Crippen LogP contribution in [0.25, 0.3) is 0 Å². The van der Waals surface area contributed by atoms with E-state index < -0.39 is 12.0 Å². The number of ether oxygens (including phenoxy) is 1. The summed E-state index contributed by atoms with van der Waals surface area (Å²) in [4.78, 5) is 10.8. The van der Waals surface area contributed by atoms with Crippen molar-refractivity contribution < 1.29 is 14.6 Å². The lowest BCUT2D eigenvalue weighted by molar-refractivity contribution is -0.150. The lowest BCUT2D eigenvalue weighted by atomic mass is 10.3. The molecule has 0 aliphatic carbocycles. The molecule has 2 unspecified atom stereocenters. The van der Waals surface area contributed by atoms with Gasteiger partial charge in [-0.15, -0.1) is 0 Å². The SMILES string of the molecule is CCC(C)OC(=O)C(N)CO. The fourth-order valence-corrected chi connectivity index (χ4v) is 0.444. The Bertz CT molecular complexity index is 127. The van der Waals surface area contributed by atoms with Gasteiger partial charge in [0.1, 0.15) is 6.04 Å². The summed E-state index contributed by atoms with van der Waals surface area (Å²) < 4.78 is 4.83. The topological polar surface area (TPSA) is 72.5 Å². The van der Waals surface area contributed by atoms with Gasteiger partial charge in [-0.1, -0.05) is 6.92 Å². The molecule has 0 bridgehead atoms. The number of rotatable bonds is 4. The van der Waals surface area contributed by atoms with Crippen molar-refractivity contribution in [2.45, 2.75) is 32.4 Å². The molecule has 2 atom stereocenters. The quantitative estimate of drug-likeness (QED) is 0.553. The minimum atomic E-state index is -0.899. The third-order valence-electron chi connectivity index (χ3n) is 1.39. The van der Waals surface area contributed by atoms with E-state index in [-0.39, 0.29) is 12.7 Å². The largest absolute Gasteiger partial charge is 0.461 e. The third-order valence-corrected chi connectivity index (χ3v) is 1.39. The highest BCUT2D eigenvalue weighted by Gasteiger charge is 2.15. The number of hydrogen-bond donors (Lipinski definition) is 2. The summed E-state index contributed by atoms with van der Waals surface area (Å²) in [6, 6.07) is -0.899. The summed E-state index contributed by atoms with van der Waals surface area (Å²) in [5.41, 5.74) is 5.19. The average Bonchev–Trinajstić information content (AvgIpc) is 2.02. The molecule has 0 rings (SSSR count). The third kappa shape index (κ3) is 3.95. The molecule has 0 saturated heterocycles. The molecule has 4 nitrogen and oxygen atoms in total. The van der Waals surface area contributed by atoms with Gasteiger partial charge in [-0.25, -0.2) is 0 Å². The molecule has 66 valence electrons. The Balaban J connectivity index is 3.68. The zero-order valence-corrected chi connectivity index (χ0v) is 6.91. The zero-order valence-electron chi connectivity index (χ0n) is 6.91. The van der Waals surface area contributed by atoms with Crippen LogP contribution in [0.4, 0.5) is 0 Å². The first-order valence-electron chi connectivity index (χ1n) is 3.68. The molecule has 0 radical (unpaired) electrons. The number of carbonyl (C=O) groups is 1. The molecule has 4 heteroatoms. The van der Waals surface area contributed by atoms with Crippen molar-refractivity contribution in [1.29, 1.82) is 0 Å². The van der Waals surface area contributed by atoms with E-state index in [2.05, 4.69) is 0 Å². The van der Waals surface area contributed by atoms with Crippen molar-refractivity contribution in [3.63, 3.8) is 0 Å². The lowest BCUT2D eigenvalue weighted by Crippen LogP contribution is -2.37. The van der Waals surface area contributed by atoms with Crippen molar-refractivity contribution in [2.24, 2.45) is 5.73 Å². The number of esters is 1. The van der Waals surface area contributed by atoms with Crippen molar-refractivity contribution >= 4 is 5.97 Å². The molecule has 0 aromatic heterocycles. The molecule has 0 aromatic carbocycles. The molecule has 0 aliphatic rings. The van der Waals surface area contributed by atoms with Crippen LogP contribution in [0.5, 0.6) is 0 Å². The average molecular weight is 161 g/mol. The molecule has 0 amide bonds. The second kappa shape index (κ2) is 5.09. The summed E-state index contributed by atoms with van der Waals surface area (Å²) >= 11 is 0. The van der Waals surface area contributed by atoms with E-state index in [4.69, 9.17) is 15.6 Å². The van der Waals surface area contributed by atoms with Crippen molar-refractivity contribution in [3.8, 4) is 0 Å². The van der Waals surface area contributed by atoms with Crippen molar-refractivity contribution in [1.82, 2.24) is 0 Å². The molecule has 0 aliphatic heterocycles. The lowest BCUT2D eigenvalue weighted by Gasteiger charge is -2.13. The maximum atomic E-state index is 10.8. The van der Waals surface area contributed by atoms with Gasteiger partial charge in [0.25, 0.3) is 0 Å². The number of aliphatic hydroxyl groups is 1. The van der Waals surface area contributed by atoms with Gasteiger partial charge in [-0.2, -0.15) is 0 Å². The van der Waals surface area contributed by atoms with Gasteiger partial charge in [-0.3, -0.25) is 4.79 Å². The van der Waals surface area contributed by atoms with E-state index in [9.17, 15) is 4.79 Å². The standard InChI is InChI=1S/C7H15NO3/c1-3-5(2)11-7(10)6(8)4-9/h5-6,9H,3-4,8H2,1-2H3. The van der Waals surface area contributed by atoms with Crippen LogP contribution in [0.2, 0.25) is 0 Å². The van der Waals surface area contributed by atoms with Gasteiger partial charge in [0.2, 0.25) is 0 Å². The number of aliphatic hydroxyl groups excluding tert-OH is 1. The van der Waals surface area contributed by atoms with Crippen LogP contribution in [0.3, 0.4) is 0 Å². The minimum Gasteiger partial charge on any atom is -0.461 e. The zero-order chi connectivity index (χ0) is 8.85. The smallest absolute Gasteiger partial charge is 0.325 e. The van der Waals surface area contributed by atoms with Crippen LogP contribution in [0.1, 0.15) is 20.3 Å². The molecular formula is C7H15NO3. The number of nitrogens with two attached hydrogens (primary N) is 1. The second-order valence-electron chi connectivity index (χ2n) is 2.44. The van der Waals surface area contributed by atoms with Gasteiger partial charge in [0.15, 0.2) is 0 Å². The normalized spacial score (nSPS) is 15.6. The van der Waals surface area contributed by atoms with Gasteiger partial charge >= 0.3 is 5.97 Å². The summed E-state index contributed by atoms with van der Waals surface area (Å²) in [5.74, 6) is -0.540. The predicted octanol–water partition coefficient (Wildman–Crippen LogP) is -0.352. The first-order chi connectivity index (χ1) is 5.11. The Hall–Kier alpha value is -0.610. The van der Waals surface area contributed by atoms with Crippen molar-refractivity contribution in [3.05, 3.63) is 0 Å². The fourth-order valence-electron chi connectivity index (χ4n) is 0.444. The molecule has 0 heterocycles. The van der Waals surface area contributed by atoms with E-state index in [0.717, 1.165) is 6.42 Å². The van der Waals surface area contributed by atoms with Gasteiger partial charge in [0.05, 0.1) is 12.7 Å². The Kier molecular flexibility index (Phi) is 4.81. The van der Waals surface area contributed by atoms with E-state index in [0.29, 0.717) is 0 Å².